The zero-order chi connectivity index (χ0) is 13.4. The molecule has 4 nitrogen and oxygen atoms in total. The number of aliphatic hydroxyl groups is 2. The fourth-order valence-corrected chi connectivity index (χ4v) is 1.25. The summed E-state index contributed by atoms with van der Waals surface area (Å²) < 4.78 is 0. The van der Waals surface area contributed by atoms with Gasteiger partial charge in [-0.3, -0.25) is 9.97 Å². The molecule has 18 heavy (non-hydrogen) atoms. The van der Waals surface area contributed by atoms with Crippen LogP contribution in [0.2, 0.25) is 0 Å². The number of pyridine rings is 2. The topological polar surface area (TPSA) is 66.2 Å². The fourth-order valence-electron chi connectivity index (χ4n) is 1.25. The van der Waals surface area contributed by atoms with Crippen LogP contribution in [0.25, 0.3) is 0 Å². The molecule has 2 aromatic rings. The average Bonchev–Trinajstić information content (AvgIpc) is 2.41. The van der Waals surface area contributed by atoms with E-state index in [0.717, 1.165) is 11.4 Å². The Morgan fingerprint density at radius 1 is 0.778 bits per heavy atom. The van der Waals surface area contributed by atoms with E-state index in [1.165, 1.54) is 0 Å². The van der Waals surface area contributed by atoms with Crippen molar-refractivity contribution in [1.82, 2.24) is 9.97 Å². The van der Waals surface area contributed by atoms with Gasteiger partial charge in [-0.25, -0.2) is 0 Å². The Kier molecular flexibility index (Phi) is 5.97. The molecule has 0 radical (unpaired) electrons. The number of hydrogen-bond donors (Lipinski definition) is 2. The first-order chi connectivity index (χ1) is 8.61. The van der Waals surface area contributed by atoms with Crippen LogP contribution in [-0.4, -0.2) is 20.2 Å². The molecule has 0 amide bonds. The summed E-state index contributed by atoms with van der Waals surface area (Å²) in [6.45, 7) is 3.39. The third-order valence-electron chi connectivity index (χ3n) is 2.23. The second-order valence-electron chi connectivity index (χ2n) is 3.86. The van der Waals surface area contributed by atoms with Gasteiger partial charge in [0.1, 0.15) is 0 Å². The van der Waals surface area contributed by atoms with Crippen LogP contribution in [0.5, 0.6) is 0 Å². The largest absolute Gasteiger partial charge is 0.387 e. The van der Waals surface area contributed by atoms with Gasteiger partial charge in [-0.05, 0) is 38.1 Å². The maximum atomic E-state index is 8.96. The average molecular weight is 246 g/mol. The first-order valence-corrected chi connectivity index (χ1v) is 5.79. The second-order valence-corrected chi connectivity index (χ2v) is 3.86. The normalized spacial score (nSPS) is 13.1. The van der Waals surface area contributed by atoms with Crippen molar-refractivity contribution >= 4 is 0 Å². The molecule has 0 spiro atoms. The summed E-state index contributed by atoms with van der Waals surface area (Å²) in [5.41, 5.74) is 1.44. The molecule has 2 N–H and O–H groups in total. The minimum absolute atomic E-state index is 0.453. The van der Waals surface area contributed by atoms with Crippen LogP contribution < -0.4 is 0 Å². The molecule has 0 aromatic carbocycles. The number of aromatic nitrogens is 2. The summed E-state index contributed by atoms with van der Waals surface area (Å²) in [4.78, 5) is 7.86. The molecule has 2 aromatic heterocycles. The first-order valence-electron chi connectivity index (χ1n) is 5.79. The molecule has 4 heteroatoms. The summed E-state index contributed by atoms with van der Waals surface area (Å²) >= 11 is 0. The maximum absolute atomic E-state index is 8.96. The maximum Gasteiger partial charge on any atom is 0.0931 e. The van der Waals surface area contributed by atoms with E-state index in [1.54, 1.807) is 38.4 Å². The highest BCUT2D eigenvalue weighted by Crippen LogP contribution is 2.05. The van der Waals surface area contributed by atoms with Crippen LogP contribution in [0.1, 0.15) is 37.4 Å². The van der Waals surface area contributed by atoms with Crippen LogP contribution in [-0.2, 0) is 0 Å². The monoisotopic (exact) mass is 246 g/mol. The van der Waals surface area contributed by atoms with E-state index < -0.39 is 12.2 Å². The lowest BCUT2D eigenvalue weighted by molar-refractivity contribution is 0.194. The Balaban J connectivity index is 0.000000180. The van der Waals surface area contributed by atoms with Crippen LogP contribution in [0, 0.1) is 0 Å². The first kappa shape index (κ1) is 14.3. The standard InChI is InChI=1S/2C7H9NO/c2*1-6(9)7-4-2-3-5-8-7/h2*2-6,9H,1H3/t2*6-/m10/s1. The van der Waals surface area contributed by atoms with Gasteiger partial charge in [0.25, 0.3) is 0 Å². The number of rotatable bonds is 2. The Bertz CT molecular complexity index is 387. The number of hydrogen-bond acceptors (Lipinski definition) is 4. The van der Waals surface area contributed by atoms with Crippen molar-refractivity contribution in [2.45, 2.75) is 26.1 Å². The zero-order valence-electron chi connectivity index (χ0n) is 10.6. The van der Waals surface area contributed by atoms with Crippen molar-refractivity contribution < 1.29 is 10.2 Å². The van der Waals surface area contributed by atoms with Gasteiger partial charge in [0.05, 0.1) is 23.6 Å². The van der Waals surface area contributed by atoms with Crippen molar-refractivity contribution in [2.24, 2.45) is 0 Å². The molecule has 2 atom stereocenters. The van der Waals surface area contributed by atoms with Gasteiger partial charge in [-0.2, -0.15) is 0 Å². The Morgan fingerprint density at radius 3 is 1.33 bits per heavy atom. The molecular weight excluding hydrogens is 228 g/mol. The lowest BCUT2D eigenvalue weighted by Crippen LogP contribution is -1.92. The van der Waals surface area contributed by atoms with E-state index >= 15 is 0 Å². The molecule has 0 aliphatic carbocycles. The second kappa shape index (κ2) is 7.53. The van der Waals surface area contributed by atoms with Crippen molar-refractivity contribution in [3.63, 3.8) is 0 Å². The van der Waals surface area contributed by atoms with E-state index in [0.29, 0.717) is 0 Å². The Labute approximate surface area is 107 Å². The molecular formula is C14H18N2O2. The summed E-state index contributed by atoms with van der Waals surface area (Å²) in [6.07, 6.45) is 2.43. The van der Waals surface area contributed by atoms with Gasteiger partial charge in [0.15, 0.2) is 0 Å². The molecule has 0 saturated carbocycles. The highest BCUT2D eigenvalue weighted by atomic mass is 16.3. The lowest BCUT2D eigenvalue weighted by atomic mass is 10.2. The molecule has 96 valence electrons. The predicted octanol–water partition coefficient (Wildman–Crippen LogP) is 2.27. The van der Waals surface area contributed by atoms with E-state index in [-0.39, 0.29) is 0 Å². The van der Waals surface area contributed by atoms with Gasteiger partial charge in [0.2, 0.25) is 0 Å². The highest BCUT2D eigenvalue weighted by molar-refractivity contribution is 5.05. The predicted molar refractivity (Wildman–Crippen MR) is 69.7 cm³/mol. The highest BCUT2D eigenvalue weighted by Gasteiger charge is 1.97. The smallest absolute Gasteiger partial charge is 0.0931 e. The Morgan fingerprint density at radius 2 is 1.17 bits per heavy atom. The molecule has 0 aliphatic rings. The van der Waals surface area contributed by atoms with Crippen LogP contribution in [0.4, 0.5) is 0 Å². The van der Waals surface area contributed by atoms with E-state index in [4.69, 9.17) is 10.2 Å². The number of aliphatic hydroxyl groups excluding tert-OH is 2. The van der Waals surface area contributed by atoms with Crippen molar-refractivity contribution in [2.75, 3.05) is 0 Å². The van der Waals surface area contributed by atoms with E-state index in [1.807, 2.05) is 24.3 Å². The molecule has 0 aliphatic heterocycles. The lowest BCUT2D eigenvalue weighted by Gasteiger charge is -1.99. The van der Waals surface area contributed by atoms with Crippen LogP contribution >= 0.6 is 0 Å². The molecule has 0 unspecified atom stereocenters. The summed E-state index contributed by atoms with van der Waals surface area (Å²) in [5, 5.41) is 17.9. The van der Waals surface area contributed by atoms with Crippen molar-refractivity contribution in [1.29, 1.82) is 0 Å². The van der Waals surface area contributed by atoms with Gasteiger partial charge >= 0.3 is 0 Å². The zero-order valence-corrected chi connectivity index (χ0v) is 10.6. The summed E-state index contributed by atoms with van der Waals surface area (Å²) in [5.74, 6) is 0. The minimum atomic E-state index is -0.453. The number of nitrogens with zero attached hydrogens (tertiary/aromatic N) is 2. The third kappa shape index (κ3) is 5.03. The van der Waals surface area contributed by atoms with Crippen LogP contribution in [0.3, 0.4) is 0 Å². The molecule has 0 fully saturated rings. The van der Waals surface area contributed by atoms with Gasteiger partial charge in [-0.15, -0.1) is 0 Å². The quantitative estimate of drug-likeness (QED) is 0.853. The summed E-state index contributed by atoms with van der Waals surface area (Å²) in [7, 11) is 0. The van der Waals surface area contributed by atoms with Gasteiger partial charge in [-0.1, -0.05) is 12.1 Å². The van der Waals surface area contributed by atoms with Gasteiger partial charge in [0, 0.05) is 12.4 Å². The SMILES string of the molecule is C[C@@H](O)c1ccccn1.C[C@H](O)c1ccccn1. The fraction of sp³-hybridized carbons (Fsp3) is 0.286. The van der Waals surface area contributed by atoms with Crippen molar-refractivity contribution in [3.8, 4) is 0 Å². The van der Waals surface area contributed by atoms with Crippen LogP contribution in [0.15, 0.2) is 48.8 Å². The van der Waals surface area contributed by atoms with Crippen molar-refractivity contribution in [3.05, 3.63) is 60.2 Å². The molecule has 2 heterocycles. The van der Waals surface area contributed by atoms with E-state index in [9.17, 15) is 0 Å². The Hall–Kier alpha value is -1.78. The third-order valence-corrected chi connectivity index (χ3v) is 2.23. The molecule has 2 rings (SSSR count). The molecule has 0 saturated heterocycles. The van der Waals surface area contributed by atoms with E-state index in [2.05, 4.69) is 9.97 Å². The minimum Gasteiger partial charge on any atom is -0.387 e. The molecule has 0 bridgehead atoms. The van der Waals surface area contributed by atoms with Gasteiger partial charge < -0.3 is 10.2 Å². The summed E-state index contributed by atoms with van der Waals surface area (Å²) in [6, 6.07) is 11.0.